The Morgan fingerprint density at radius 1 is 0.865 bits per heavy atom. The maximum absolute atomic E-state index is 12.3. The summed E-state index contributed by atoms with van der Waals surface area (Å²) in [6.07, 6.45) is -13.4. The maximum atomic E-state index is 12.3. The van der Waals surface area contributed by atoms with Gasteiger partial charge in [-0.25, -0.2) is 13.9 Å². The lowest BCUT2D eigenvalue weighted by molar-refractivity contribution is -0.251. The molecule has 8 N–H and O–H groups in total. The normalized spacial score (nSPS) is 29.6. The highest BCUT2D eigenvalue weighted by Crippen LogP contribution is 2.61. The van der Waals surface area contributed by atoms with Crippen LogP contribution in [0.15, 0.2) is 27.0 Å². The number of ether oxygens (including phenoxy) is 2. The standard InChI is InChI=1S/C15H23N5O16P2.2C6H15N/c16-19-18-8-9(23)5(3-21)34-14(11(8)25)35-38(30,31)36-37(28,29)32-4-6-10(24)12(26)13(33-6)20-2-1-7(22)17-15(20)27;2*1-4-7(5-2)6-3/h1-2,5-6,8-14,21,23-26H,3-4H2,(H,28,29)(H,30,31)(H,17,22,27);2*4-6H2,1-3H3/t5-,6-,8+,9-,10-,11-,12-,13-,14-;;/m1../s1. The first-order chi connectivity index (χ1) is 24.4. The highest BCUT2D eigenvalue weighted by molar-refractivity contribution is 7.61. The van der Waals surface area contributed by atoms with E-state index in [1.165, 1.54) is 39.3 Å². The Morgan fingerprint density at radius 2 is 1.40 bits per heavy atom. The molecule has 302 valence electrons. The second kappa shape index (κ2) is 23.0. The minimum absolute atomic E-state index is 0.718. The number of rotatable bonds is 16. The Balaban J connectivity index is 0.000000812. The summed E-state index contributed by atoms with van der Waals surface area (Å²) < 4.78 is 48.5. The molecule has 0 amide bonds. The van der Waals surface area contributed by atoms with Crippen molar-refractivity contribution < 1.29 is 67.3 Å². The first-order valence-electron chi connectivity index (χ1n) is 16.5. The fraction of sp³-hybridized carbons (Fsp3) is 0.852. The molecule has 3 heterocycles. The van der Waals surface area contributed by atoms with E-state index in [0.29, 0.717) is 0 Å². The molecule has 0 saturated carbocycles. The SMILES string of the molecule is CCN(CC)CC.CCN(CC)CC.[N-]=[N+]=N[C@@H]1[C@@H](O)[C@@H](OP(=O)(O)OP(=O)(O)OC[C@H]2O[C@@H](n3ccc(=O)[nH]c3=O)[C@H](O)[C@@H]2O)O[C@H](CO)[C@H]1O. The quantitative estimate of drug-likeness (QED) is 0.0440. The van der Waals surface area contributed by atoms with Crippen molar-refractivity contribution in [2.24, 2.45) is 5.11 Å². The van der Waals surface area contributed by atoms with Crippen LogP contribution in [0.3, 0.4) is 0 Å². The Labute approximate surface area is 300 Å². The Bertz CT molecular complexity index is 1430. The van der Waals surface area contributed by atoms with Crippen molar-refractivity contribution >= 4 is 15.6 Å². The lowest BCUT2D eigenvalue weighted by atomic mass is 9.97. The summed E-state index contributed by atoms with van der Waals surface area (Å²) in [6, 6.07) is -0.795. The van der Waals surface area contributed by atoms with Gasteiger partial charge < -0.3 is 54.6 Å². The average molecular weight is 794 g/mol. The number of aliphatic hydroxyl groups is 5. The molecule has 3 rings (SSSR count). The minimum Gasteiger partial charge on any atom is -0.394 e. The second-order valence-electron chi connectivity index (χ2n) is 11.1. The molecular weight excluding hydrogens is 740 g/mol. The zero-order valence-corrected chi connectivity index (χ0v) is 31.7. The van der Waals surface area contributed by atoms with Crippen LogP contribution in [0.2, 0.25) is 0 Å². The topological polar surface area (TPSA) is 332 Å². The van der Waals surface area contributed by atoms with Crippen LogP contribution in [0.1, 0.15) is 47.8 Å². The van der Waals surface area contributed by atoms with Gasteiger partial charge in [0.15, 0.2) is 12.5 Å². The fourth-order valence-corrected chi connectivity index (χ4v) is 7.05. The van der Waals surface area contributed by atoms with Crippen LogP contribution in [0, 0.1) is 0 Å². The van der Waals surface area contributed by atoms with Gasteiger partial charge in [0.05, 0.1) is 25.4 Å². The molecule has 2 aliphatic rings. The third-order valence-electron chi connectivity index (χ3n) is 8.02. The number of phosphoric acid groups is 2. The molecule has 1 aromatic rings. The van der Waals surface area contributed by atoms with Crippen molar-refractivity contribution in [3.05, 3.63) is 43.5 Å². The number of phosphoric ester groups is 2. The lowest BCUT2D eigenvalue weighted by Gasteiger charge is -2.40. The van der Waals surface area contributed by atoms with E-state index in [-0.39, 0.29) is 0 Å². The van der Waals surface area contributed by atoms with E-state index in [1.807, 2.05) is 4.98 Å². The molecule has 0 radical (unpaired) electrons. The van der Waals surface area contributed by atoms with Gasteiger partial charge in [0.2, 0.25) is 0 Å². The summed E-state index contributed by atoms with van der Waals surface area (Å²) in [4.78, 5) is 51.9. The molecule has 2 aliphatic heterocycles. The smallest absolute Gasteiger partial charge is 0.394 e. The molecule has 23 nitrogen and oxygen atoms in total. The van der Waals surface area contributed by atoms with E-state index < -0.39 is 95.3 Å². The third kappa shape index (κ3) is 14.6. The van der Waals surface area contributed by atoms with Crippen molar-refractivity contribution in [3.8, 4) is 0 Å². The number of hydrogen-bond acceptors (Lipinski definition) is 17. The van der Waals surface area contributed by atoms with Crippen LogP contribution in [-0.4, -0.2) is 156 Å². The molecular formula is C27H53N7O16P2. The van der Waals surface area contributed by atoms with E-state index in [9.17, 15) is 54.0 Å². The van der Waals surface area contributed by atoms with E-state index in [2.05, 4.69) is 74.7 Å². The zero-order valence-electron chi connectivity index (χ0n) is 29.9. The molecule has 2 saturated heterocycles. The number of nitrogens with one attached hydrogen (secondary N) is 1. The number of aromatic nitrogens is 2. The molecule has 0 aromatic carbocycles. The predicted octanol–water partition coefficient (Wildman–Crippen LogP) is -0.779. The van der Waals surface area contributed by atoms with Crippen LogP contribution < -0.4 is 11.2 Å². The molecule has 2 unspecified atom stereocenters. The summed E-state index contributed by atoms with van der Waals surface area (Å²) in [5, 5.41) is 52.8. The Morgan fingerprint density at radius 3 is 1.85 bits per heavy atom. The monoisotopic (exact) mass is 793 g/mol. The van der Waals surface area contributed by atoms with Crippen molar-refractivity contribution in [3.63, 3.8) is 0 Å². The first kappa shape index (κ1) is 47.9. The van der Waals surface area contributed by atoms with Gasteiger partial charge in [0.25, 0.3) is 5.56 Å². The van der Waals surface area contributed by atoms with Crippen LogP contribution in [0.5, 0.6) is 0 Å². The molecule has 2 fully saturated rings. The molecule has 0 aliphatic carbocycles. The lowest BCUT2D eigenvalue weighted by Crippen LogP contribution is -2.58. The average Bonchev–Trinajstić information content (AvgIpc) is 3.37. The van der Waals surface area contributed by atoms with E-state index in [1.54, 1.807) is 0 Å². The van der Waals surface area contributed by atoms with Gasteiger partial charge in [-0.2, -0.15) is 4.31 Å². The van der Waals surface area contributed by atoms with Gasteiger partial charge >= 0.3 is 21.3 Å². The number of aromatic amines is 1. The number of nitrogens with zero attached hydrogens (tertiary/aromatic N) is 6. The van der Waals surface area contributed by atoms with Gasteiger partial charge in [-0.15, -0.1) is 0 Å². The summed E-state index contributed by atoms with van der Waals surface area (Å²) in [5.74, 6) is 0. The van der Waals surface area contributed by atoms with Gasteiger partial charge in [0.1, 0.15) is 30.5 Å². The van der Waals surface area contributed by atoms with Crippen LogP contribution >= 0.6 is 15.6 Å². The fourth-order valence-electron chi connectivity index (χ4n) is 4.89. The van der Waals surface area contributed by atoms with Gasteiger partial charge in [-0.1, -0.05) is 46.7 Å². The summed E-state index contributed by atoms with van der Waals surface area (Å²) in [6.45, 7) is 18.3. The predicted molar refractivity (Wildman–Crippen MR) is 183 cm³/mol. The molecule has 0 spiro atoms. The van der Waals surface area contributed by atoms with Crippen molar-refractivity contribution in [2.45, 2.75) is 96.7 Å². The highest BCUT2D eigenvalue weighted by Gasteiger charge is 2.50. The molecule has 52 heavy (non-hydrogen) atoms. The molecule has 25 heteroatoms. The second-order valence-corrected chi connectivity index (χ2v) is 14.1. The third-order valence-corrected chi connectivity index (χ3v) is 10.6. The first-order valence-corrected chi connectivity index (χ1v) is 19.5. The number of hydrogen-bond donors (Lipinski definition) is 8. The summed E-state index contributed by atoms with van der Waals surface area (Å²) in [5.41, 5.74) is 6.82. The Kier molecular flexibility index (Phi) is 21.1. The van der Waals surface area contributed by atoms with Gasteiger partial charge in [0, 0.05) is 17.2 Å². The summed E-state index contributed by atoms with van der Waals surface area (Å²) >= 11 is 0. The number of aliphatic hydroxyl groups excluding tert-OH is 5. The van der Waals surface area contributed by atoms with Crippen LogP contribution in [0.25, 0.3) is 10.4 Å². The largest absolute Gasteiger partial charge is 0.483 e. The molecule has 0 bridgehead atoms. The van der Waals surface area contributed by atoms with Gasteiger partial charge in [-0.05, 0) is 44.8 Å². The van der Waals surface area contributed by atoms with E-state index in [4.69, 9.17) is 15.0 Å². The number of azide groups is 1. The van der Waals surface area contributed by atoms with Crippen molar-refractivity contribution in [2.75, 3.05) is 52.5 Å². The minimum atomic E-state index is -5.63. The Hall–Kier alpha value is -2.11. The van der Waals surface area contributed by atoms with E-state index >= 15 is 0 Å². The van der Waals surface area contributed by atoms with E-state index in [0.717, 1.165) is 16.8 Å². The van der Waals surface area contributed by atoms with Crippen LogP contribution in [0.4, 0.5) is 0 Å². The van der Waals surface area contributed by atoms with Crippen molar-refractivity contribution in [1.82, 2.24) is 19.4 Å². The van der Waals surface area contributed by atoms with Crippen molar-refractivity contribution in [1.29, 1.82) is 0 Å². The zero-order chi connectivity index (χ0) is 39.8. The number of H-pyrrole nitrogens is 1. The van der Waals surface area contributed by atoms with Gasteiger partial charge in [-0.3, -0.25) is 23.4 Å². The highest BCUT2D eigenvalue weighted by atomic mass is 31.3. The molecule has 11 atom stereocenters. The molecule has 1 aromatic heterocycles. The maximum Gasteiger partial charge on any atom is 0.483 e. The van der Waals surface area contributed by atoms with Crippen LogP contribution in [-0.2, 0) is 32.0 Å². The summed E-state index contributed by atoms with van der Waals surface area (Å²) in [7, 11) is -11.2.